The molecule has 0 aliphatic carbocycles. The highest BCUT2D eigenvalue weighted by Gasteiger charge is 2.34. The zero-order valence-corrected chi connectivity index (χ0v) is 18.6. The molecule has 3 rings (SSSR count). The molecular weight excluding hydrogens is 398 g/mol. The van der Waals surface area contributed by atoms with Crippen LogP contribution >= 0.6 is 11.8 Å². The molecular formula is C24H27NO4S. The summed E-state index contributed by atoms with van der Waals surface area (Å²) in [6.45, 7) is 9.29. The fourth-order valence-corrected chi connectivity index (χ4v) is 3.74. The first kappa shape index (κ1) is 22.0. The molecule has 2 aromatic carbocycles. The Labute approximate surface area is 182 Å². The number of carbonyl (C=O) groups is 2. The molecule has 2 aromatic rings. The van der Waals surface area contributed by atoms with E-state index in [1.165, 1.54) is 4.90 Å². The number of thioether (sulfide) groups is 1. The van der Waals surface area contributed by atoms with Crippen molar-refractivity contribution in [2.75, 3.05) is 19.8 Å². The number of carbonyl (C=O) groups excluding carboxylic acids is 2. The van der Waals surface area contributed by atoms with Crippen molar-refractivity contribution in [2.45, 2.75) is 27.7 Å². The second-order valence-electron chi connectivity index (χ2n) is 7.72. The Balaban J connectivity index is 1.59. The van der Waals surface area contributed by atoms with Crippen molar-refractivity contribution >= 4 is 29.0 Å². The number of nitrogens with zero attached hydrogens (tertiary/aromatic N) is 1. The number of aryl methyl sites for hydroxylation is 2. The molecule has 158 valence electrons. The van der Waals surface area contributed by atoms with Gasteiger partial charge in [0.05, 0.1) is 18.1 Å². The maximum Gasteiger partial charge on any atom is 0.293 e. The van der Waals surface area contributed by atoms with Gasteiger partial charge in [-0.3, -0.25) is 14.5 Å². The first-order valence-electron chi connectivity index (χ1n) is 10.0. The Kier molecular flexibility index (Phi) is 7.21. The first-order valence-corrected chi connectivity index (χ1v) is 10.8. The molecule has 0 unspecified atom stereocenters. The predicted molar refractivity (Wildman–Crippen MR) is 121 cm³/mol. The van der Waals surface area contributed by atoms with E-state index in [1.807, 2.05) is 56.3 Å². The van der Waals surface area contributed by atoms with Crippen molar-refractivity contribution < 1.29 is 19.1 Å². The SMILES string of the molecule is Cc1ccc(C)c(OCCN2C(=O)S/C(=C\c3ccc(OCC(C)C)cc3)C2=O)c1. The van der Waals surface area contributed by atoms with E-state index in [0.29, 0.717) is 17.4 Å². The van der Waals surface area contributed by atoms with Crippen LogP contribution in [-0.4, -0.2) is 35.8 Å². The third-order valence-electron chi connectivity index (χ3n) is 4.55. The zero-order valence-electron chi connectivity index (χ0n) is 17.8. The van der Waals surface area contributed by atoms with E-state index in [2.05, 4.69) is 13.8 Å². The Bertz CT molecular complexity index is 950. The third kappa shape index (κ3) is 5.66. The minimum Gasteiger partial charge on any atom is -0.493 e. The Hall–Kier alpha value is -2.73. The maximum absolute atomic E-state index is 12.7. The van der Waals surface area contributed by atoms with Crippen LogP contribution in [0.4, 0.5) is 4.79 Å². The molecule has 30 heavy (non-hydrogen) atoms. The monoisotopic (exact) mass is 425 g/mol. The van der Waals surface area contributed by atoms with Crippen LogP contribution in [0.25, 0.3) is 6.08 Å². The summed E-state index contributed by atoms with van der Waals surface area (Å²) in [5.41, 5.74) is 2.98. The summed E-state index contributed by atoms with van der Waals surface area (Å²) < 4.78 is 11.5. The smallest absolute Gasteiger partial charge is 0.293 e. The van der Waals surface area contributed by atoms with E-state index in [4.69, 9.17) is 9.47 Å². The second-order valence-corrected chi connectivity index (χ2v) is 8.72. The normalized spacial score (nSPS) is 15.4. The minimum atomic E-state index is -0.283. The van der Waals surface area contributed by atoms with Gasteiger partial charge in [-0.2, -0.15) is 0 Å². The van der Waals surface area contributed by atoms with Crippen molar-refractivity contribution in [1.82, 2.24) is 4.90 Å². The fourth-order valence-electron chi connectivity index (χ4n) is 2.88. The maximum atomic E-state index is 12.7. The van der Waals surface area contributed by atoms with Gasteiger partial charge in [0, 0.05) is 0 Å². The van der Waals surface area contributed by atoms with Crippen LogP contribution < -0.4 is 9.47 Å². The second kappa shape index (κ2) is 9.85. The Morgan fingerprint density at radius 2 is 1.77 bits per heavy atom. The molecule has 6 heteroatoms. The number of imide groups is 1. The van der Waals surface area contributed by atoms with Gasteiger partial charge in [-0.1, -0.05) is 38.1 Å². The van der Waals surface area contributed by atoms with Crippen LogP contribution in [-0.2, 0) is 4.79 Å². The van der Waals surface area contributed by atoms with Crippen LogP contribution in [0.15, 0.2) is 47.4 Å². The fraction of sp³-hybridized carbons (Fsp3) is 0.333. The number of benzene rings is 2. The third-order valence-corrected chi connectivity index (χ3v) is 5.46. The highest BCUT2D eigenvalue weighted by molar-refractivity contribution is 8.18. The molecule has 1 fully saturated rings. The molecule has 0 bridgehead atoms. The number of hydrogen-bond donors (Lipinski definition) is 0. The van der Waals surface area contributed by atoms with Crippen molar-refractivity contribution in [3.8, 4) is 11.5 Å². The standard InChI is InChI=1S/C24H27NO4S/c1-16(2)15-29-20-9-7-19(8-10-20)14-22-23(26)25(24(27)30-22)11-12-28-21-13-17(3)5-6-18(21)4/h5-10,13-14,16H,11-12,15H2,1-4H3/b22-14-. The minimum absolute atomic E-state index is 0.220. The molecule has 2 amide bonds. The highest BCUT2D eigenvalue weighted by Crippen LogP contribution is 2.32. The van der Waals surface area contributed by atoms with Crippen LogP contribution in [0.1, 0.15) is 30.5 Å². The molecule has 1 aliphatic rings. The van der Waals surface area contributed by atoms with Crippen LogP contribution in [0, 0.1) is 19.8 Å². The number of rotatable bonds is 8. The molecule has 1 saturated heterocycles. The molecule has 0 atom stereocenters. The Morgan fingerprint density at radius 3 is 2.47 bits per heavy atom. The van der Waals surface area contributed by atoms with Gasteiger partial charge in [0.15, 0.2) is 0 Å². The van der Waals surface area contributed by atoms with Crippen LogP contribution in [0.5, 0.6) is 11.5 Å². The lowest BCUT2D eigenvalue weighted by atomic mass is 10.1. The van der Waals surface area contributed by atoms with Crippen molar-refractivity contribution in [2.24, 2.45) is 5.92 Å². The molecule has 1 aliphatic heterocycles. The molecule has 0 spiro atoms. The average Bonchev–Trinajstić information content (AvgIpc) is 2.97. The van der Waals surface area contributed by atoms with Crippen LogP contribution in [0.3, 0.4) is 0 Å². The van der Waals surface area contributed by atoms with Gasteiger partial charge in [0.25, 0.3) is 11.1 Å². The van der Waals surface area contributed by atoms with E-state index in [9.17, 15) is 9.59 Å². The summed E-state index contributed by atoms with van der Waals surface area (Å²) in [6, 6.07) is 13.5. The molecule has 0 radical (unpaired) electrons. The van der Waals surface area contributed by atoms with Gasteiger partial charge < -0.3 is 9.47 Å². The topological polar surface area (TPSA) is 55.8 Å². The highest BCUT2D eigenvalue weighted by atomic mass is 32.2. The number of amides is 2. The van der Waals surface area contributed by atoms with Crippen molar-refractivity contribution in [3.63, 3.8) is 0 Å². The van der Waals surface area contributed by atoms with Crippen molar-refractivity contribution in [1.29, 1.82) is 0 Å². The van der Waals surface area contributed by atoms with E-state index >= 15 is 0 Å². The lowest BCUT2D eigenvalue weighted by molar-refractivity contribution is -0.123. The predicted octanol–water partition coefficient (Wildman–Crippen LogP) is 5.45. The molecule has 0 N–H and O–H groups in total. The van der Waals surface area contributed by atoms with Gasteiger partial charge >= 0.3 is 0 Å². The van der Waals surface area contributed by atoms with E-state index in [-0.39, 0.29) is 24.3 Å². The molecule has 1 heterocycles. The Morgan fingerprint density at radius 1 is 1.03 bits per heavy atom. The van der Waals surface area contributed by atoms with Gasteiger partial charge in [0.1, 0.15) is 18.1 Å². The lowest BCUT2D eigenvalue weighted by Gasteiger charge is -2.14. The van der Waals surface area contributed by atoms with Gasteiger partial charge in [-0.05, 0) is 72.5 Å². The summed E-state index contributed by atoms with van der Waals surface area (Å²) >= 11 is 0.959. The summed E-state index contributed by atoms with van der Waals surface area (Å²) in [6.07, 6.45) is 1.74. The summed E-state index contributed by atoms with van der Waals surface area (Å²) in [5, 5.41) is -0.271. The quantitative estimate of drug-likeness (QED) is 0.526. The number of hydrogen-bond acceptors (Lipinski definition) is 5. The zero-order chi connectivity index (χ0) is 21.7. The largest absolute Gasteiger partial charge is 0.493 e. The van der Waals surface area contributed by atoms with E-state index in [0.717, 1.165) is 40.0 Å². The number of ether oxygens (including phenoxy) is 2. The average molecular weight is 426 g/mol. The summed E-state index contributed by atoms with van der Waals surface area (Å²) in [4.78, 5) is 26.6. The lowest BCUT2D eigenvalue weighted by Crippen LogP contribution is -2.32. The van der Waals surface area contributed by atoms with Gasteiger partial charge in [-0.15, -0.1) is 0 Å². The van der Waals surface area contributed by atoms with Gasteiger partial charge in [-0.25, -0.2) is 0 Å². The summed E-state index contributed by atoms with van der Waals surface area (Å²) in [7, 11) is 0. The van der Waals surface area contributed by atoms with Crippen LogP contribution in [0.2, 0.25) is 0 Å². The van der Waals surface area contributed by atoms with E-state index in [1.54, 1.807) is 6.08 Å². The first-order chi connectivity index (χ1) is 14.3. The van der Waals surface area contributed by atoms with Crippen molar-refractivity contribution in [3.05, 3.63) is 64.1 Å². The molecule has 0 aromatic heterocycles. The summed E-state index contributed by atoms with van der Waals surface area (Å²) in [5.74, 6) is 1.74. The molecule has 0 saturated carbocycles. The molecule has 5 nitrogen and oxygen atoms in total. The van der Waals surface area contributed by atoms with Gasteiger partial charge in [0.2, 0.25) is 0 Å². The van der Waals surface area contributed by atoms with E-state index < -0.39 is 0 Å².